The van der Waals surface area contributed by atoms with E-state index in [1.807, 2.05) is 0 Å². The van der Waals surface area contributed by atoms with Gasteiger partial charge in [0.15, 0.2) is 0 Å². The van der Waals surface area contributed by atoms with Gasteiger partial charge in [0.05, 0.1) is 11.4 Å². The first-order chi connectivity index (χ1) is 10.3. The maximum absolute atomic E-state index is 3.77. The van der Waals surface area contributed by atoms with Crippen molar-refractivity contribution in [3.05, 3.63) is 60.7 Å². The predicted molar refractivity (Wildman–Crippen MR) is 89.6 cm³/mol. The van der Waals surface area contributed by atoms with Crippen LogP contribution in [0.2, 0.25) is 0 Å². The van der Waals surface area contributed by atoms with Crippen LogP contribution in [0.1, 0.15) is 32.6 Å². The first kappa shape index (κ1) is 14.2. The normalized spacial score (nSPS) is 22.0. The molecule has 0 aromatic heterocycles. The fourth-order valence-corrected chi connectivity index (χ4v) is 3.13. The average Bonchev–Trinajstić information content (AvgIpc) is 2.56. The highest BCUT2D eigenvalue weighted by molar-refractivity contribution is 5.61. The van der Waals surface area contributed by atoms with Crippen molar-refractivity contribution in [2.75, 3.05) is 5.01 Å². The van der Waals surface area contributed by atoms with E-state index in [1.165, 1.54) is 37.1 Å². The minimum atomic E-state index is 0.555. The lowest BCUT2D eigenvalue weighted by molar-refractivity contribution is 0.282. The summed E-state index contributed by atoms with van der Waals surface area (Å²) in [5, 5.41) is 2.24. The van der Waals surface area contributed by atoms with Crippen molar-refractivity contribution in [3.8, 4) is 0 Å². The number of nitrogens with zero attached hydrogens (tertiary/aromatic N) is 1. The van der Waals surface area contributed by atoms with Gasteiger partial charge in [0, 0.05) is 6.04 Å². The van der Waals surface area contributed by atoms with Gasteiger partial charge in [-0.15, -0.1) is 0 Å². The summed E-state index contributed by atoms with van der Waals surface area (Å²) >= 11 is 0. The third-order valence-corrected chi connectivity index (χ3v) is 4.44. The lowest BCUT2D eigenvalue weighted by Gasteiger charge is -2.36. The smallest absolute Gasteiger partial charge is 0.0577 e. The van der Waals surface area contributed by atoms with E-state index in [0.29, 0.717) is 6.04 Å². The van der Waals surface area contributed by atoms with Crippen molar-refractivity contribution >= 4 is 11.4 Å². The average molecular weight is 280 g/mol. The van der Waals surface area contributed by atoms with E-state index >= 15 is 0 Å². The van der Waals surface area contributed by atoms with Crippen LogP contribution >= 0.6 is 0 Å². The van der Waals surface area contributed by atoms with Gasteiger partial charge >= 0.3 is 0 Å². The Kier molecular flexibility index (Phi) is 4.56. The van der Waals surface area contributed by atoms with Gasteiger partial charge in [0.2, 0.25) is 0 Å². The summed E-state index contributed by atoms with van der Waals surface area (Å²) in [4.78, 5) is 0. The molecular formula is C19H24N2. The van der Waals surface area contributed by atoms with Gasteiger partial charge in [-0.2, -0.15) is 0 Å². The molecular weight excluding hydrogens is 256 g/mol. The van der Waals surface area contributed by atoms with Crippen LogP contribution in [-0.2, 0) is 0 Å². The lowest BCUT2D eigenvalue weighted by atomic mass is 9.86. The van der Waals surface area contributed by atoms with Crippen molar-refractivity contribution in [2.24, 2.45) is 5.92 Å². The highest BCUT2D eigenvalue weighted by atomic mass is 15.5. The summed E-state index contributed by atoms with van der Waals surface area (Å²) in [6.07, 6.45) is 5.29. The van der Waals surface area contributed by atoms with E-state index in [2.05, 4.69) is 78.0 Å². The Hall–Kier alpha value is -1.80. The Balaban J connectivity index is 1.86. The zero-order valence-electron chi connectivity index (χ0n) is 12.7. The quantitative estimate of drug-likeness (QED) is 0.801. The number of benzene rings is 2. The lowest BCUT2D eigenvalue weighted by Crippen LogP contribution is -2.46. The molecule has 2 nitrogen and oxygen atoms in total. The first-order valence-corrected chi connectivity index (χ1v) is 8.01. The van der Waals surface area contributed by atoms with Gasteiger partial charge in [-0.25, -0.2) is 5.43 Å². The summed E-state index contributed by atoms with van der Waals surface area (Å²) in [6, 6.07) is 21.7. The second-order valence-corrected chi connectivity index (χ2v) is 6.00. The van der Waals surface area contributed by atoms with E-state index < -0.39 is 0 Å². The molecule has 0 aliphatic heterocycles. The van der Waals surface area contributed by atoms with Crippen molar-refractivity contribution in [1.29, 1.82) is 0 Å². The predicted octanol–water partition coefficient (Wildman–Crippen LogP) is 4.91. The van der Waals surface area contributed by atoms with Crippen LogP contribution in [0, 0.1) is 5.92 Å². The largest absolute Gasteiger partial charge is 0.277 e. The molecule has 2 heteroatoms. The highest BCUT2D eigenvalue weighted by Gasteiger charge is 2.23. The van der Waals surface area contributed by atoms with Crippen LogP contribution < -0.4 is 10.4 Å². The minimum Gasteiger partial charge on any atom is -0.277 e. The number of nitrogens with one attached hydrogen (secondary N) is 1. The van der Waals surface area contributed by atoms with Crippen molar-refractivity contribution in [1.82, 2.24) is 5.43 Å². The number of hydrogen-bond donors (Lipinski definition) is 1. The van der Waals surface area contributed by atoms with Crippen LogP contribution in [0.4, 0.5) is 11.4 Å². The van der Waals surface area contributed by atoms with Crippen molar-refractivity contribution in [2.45, 2.75) is 38.6 Å². The second kappa shape index (κ2) is 6.77. The molecule has 110 valence electrons. The number of hydrazine groups is 1. The number of anilines is 2. The van der Waals surface area contributed by atoms with Crippen LogP contribution in [0.15, 0.2) is 60.7 Å². The monoisotopic (exact) mass is 280 g/mol. The highest BCUT2D eigenvalue weighted by Crippen LogP contribution is 2.28. The molecule has 2 atom stereocenters. The van der Waals surface area contributed by atoms with Crippen LogP contribution in [-0.4, -0.2) is 6.04 Å². The van der Waals surface area contributed by atoms with E-state index in [-0.39, 0.29) is 0 Å². The molecule has 0 amide bonds. The molecule has 0 spiro atoms. The van der Waals surface area contributed by atoms with E-state index in [4.69, 9.17) is 0 Å². The zero-order chi connectivity index (χ0) is 14.5. The number of hydrogen-bond acceptors (Lipinski definition) is 2. The Morgan fingerprint density at radius 2 is 1.33 bits per heavy atom. The molecule has 1 aliphatic rings. The number of para-hydroxylation sites is 2. The third-order valence-electron chi connectivity index (χ3n) is 4.44. The van der Waals surface area contributed by atoms with E-state index in [0.717, 1.165) is 5.92 Å². The van der Waals surface area contributed by atoms with Gasteiger partial charge in [-0.3, -0.25) is 5.01 Å². The zero-order valence-corrected chi connectivity index (χ0v) is 12.7. The molecule has 1 saturated carbocycles. The summed E-state index contributed by atoms with van der Waals surface area (Å²) < 4.78 is 0. The van der Waals surface area contributed by atoms with Gasteiger partial charge < -0.3 is 0 Å². The molecule has 0 radical (unpaired) electrons. The molecule has 0 saturated heterocycles. The Labute approximate surface area is 127 Å². The van der Waals surface area contributed by atoms with Crippen molar-refractivity contribution < 1.29 is 0 Å². The fraction of sp³-hybridized carbons (Fsp3) is 0.368. The molecule has 0 heterocycles. The van der Waals surface area contributed by atoms with Crippen molar-refractivity contribution in [3.63, 3.8) is 0 Å². The van der Waals surface area contributed by atoms with E-state index in [1.54, 1.807) is 0 Å². The van der Waals surface area contributed by atoms with Gasteiger partial charge in [0.1, 0.15) is 0 Å². The Morgan fingerprint density at radius 3 is 1.86 bits per heavy atom. The summed E-state index contributed by atoms with van der Waals surface area (Å²) in [7, 11) is 0. The number of rotatable bonds is 4. The molecule has 0 unspecified atom stereocenters. The Bertz CT molecular complexity index is 499. The fourth-order valence-electron chi connectivity index (χ4n) is 3.13. The second-order valence-electron chi connectivity index (χ2n) is 6.00. The van der Waals surface area contributed by atoms with Gasteiger partial charge in [-0.1, -0.05) is 56.2 Å². The molecule has 2 aromatic rings. The minimum absolute atomic E-state index is 0.555. The SMILES string of the molecule is C[C@@H]1CCCC[C@H]1NN(c1ccccc1)c1ccccc1. The third kappa shape index (κ3) is 3.45. The molecule has 1 N–H and O–H groups in total. The maximum Gasteiger partial charge on any atom is 0.0577 e. The molecule has 1 aliphatic carbocycles. The van der Waals surface area contributed by atoms with Crippen LogP contribution in [0.5, 0.6) is 0 Å². The standard InChI is InChI=1S/C19H24N2/c1-16-10-8-9-15-19(16)20-21(17-11-4-2-5-12-17)18-13-6-3-7-14-18/h2-7,11-14,16,19-20H,8-10,15H2,1H3/t16-,19-/m1/s1. The van der Waals surface area contributed by atoms with Crippen LogP contribution in [0.25, 0.3) is 0 Å². The molecule has 2 aromatic carbocycles. The molecule has 0 bridgehead atoms. The van der Waals surface area contributed by atoms with Crippen LogP contribution in [0.3, 0.4) is 0 Å². The summed E-state index contributed by atoms with van der Waals surface area (Å²) in [5.74, 6) is 0.730. The topological polar surface area (TPSA) is 15.3 Å². The van der Waals surface area contributed by atoms with Gasteiger partial charge in [0.25, 0.3) is 0 Å². The molecule has 3 rings (SSSR count). The molecule has 21 heavy (non-hydrogen) atoms. The maximum atomic E-state index is 3.77. The van der Waals surface area contributed by atoms with Gasteiger partial charge in [-0.05, 0) is 43.0 Å². The summed E-state index contributed by atoms with van der Waals surface area (Å²) in [6.45, 7) is 2.37. The first-order valence-electron chi connectivity index (χ1n) is 8.01. The molecule has 1 fully saturated rings. The van der Waals surface area contributed by atoms with E-state index in [9.17, 15) is 0 Å². The Morgan fingerprint density at radius 1 is 0.810 bits per heavy atom. The summed E-state index contributed by atoms with van der Waals surface area (Å²) in [5.41, 5.74) is 6.16.